The summed E-state index contributed by atoms with van der Waals surface area (Å²) < 4.78 is 0. The van der Waals surface area contributed by atoms with Crippen LogP contribution in [0.25, 0.3) is 0 Å². The summed E-state index contributed by atoms with van der Waals surface area (Å²) in [6.45, 7) is 6.20. The Morgan fingerprint density at radius 3 is 2.79 bits per heavy atom. The highest BCUT2D eigenvalue weighted by Gasteiger charge is 2.27. The maximum Gasteiger partial charge on any atom is 0.220 e. The first kappa shape index (κ1) is 17.0. The number of nitrogens with zero attached hydrogens (tertiary/aromatic N) is 4. The number of nitriles is 1. The lowest BCUT2D eigenvalue weighted by molar-refractivity contribution is -0.120. The minimum absolute atomic E-state index is 0.167. The molecule has 1 aromatic heterocycles. The second-order valence-corrected chi connectivity index (χ2v) is 6.80. The van der Waals surface area contributed by atoms with E-state index in [4.69, 9.17) is 16.9 Å². The van der Waals surface area contributed by atoms with E-state index in [9.17, 15) is 4.79 Å². The van der Waals surface area contributed by atoms with Gasteiger partial charge in [-0.1, -0.05) is 11.6 Å². The molecule has 7 heteroatoms. The smallest absolute Gasteiger partial charge is 0.220 e. The summed E-state index contributed by atoms with van der Waals surface area (Å²) in [5.41, 5.74) is 1.24. The lowest BCUT2D eigenvalue weighted by Gasteiger charge is -2.39. The Labute approximate surface area is 147 Å². The van der Waals surface area contributed by atoms with E-state index >= 15 is 0 Å². The molecular weight excluding hydrogens is 326 g/mol. The predicted octanol–water partition coefficient (Wildman–Crippen LogP) is 1.71. The van der Waals surface area contributed by atoms with Crippen LogP contribution in [0.15, 0.2) is 6.07 Å². The van der Waals surface area contributed by atoms with E-state index in [2.05, 4.69) is 26.2 Å². The number of carbonyl (C=O) groups is 1. The lowest BCUT2D eigenvalue weighted by Crippen LogP contribution is -2.50. The molecule has 128 valence electrons. The van der Waals surface area contributed by atoms with Crippen LogP contribution in [-0.4, -0.2) is 54.6 Å². The van der Waals surface area contributed by atoms with E-state index in [0.717, 1.165) is 51.4 Å². The molecular formula is C17H22ClN5O. The first-order valence-corrected chi connectivity index (χ1v) is 8.79. The van der Waals surface area contributed by atoms with E-state index in [0.29, 0.717) is 28.7 Å². The van der Waals surface area contributed by atoms with Gasteiger partial charge in [0.05, 0.1) is 16.3 Å². The van der Waals surface area contributed by atoms with Crippen molar-refractivity contribution in [1.82, 2.24) is 15.2 Å². The normalized spacial score (nSPS) is 22.6. The first-order valence-electron chi connectivity index (χ1n) is 8.41. The number of aromatic nitrogens is 1. The highest BCUT2D eigenvalue weighted by molar-refractivity contribution is 6.33. The van der Waals surface area contributed by atoms with Gasteiger partial charge in [-0.05, 0) is 25.8 Å². The summed E-state index contributed by atoms with van der Waals surface area (Å²) in [6, 6.07) is 4.29. The van der Waals surface area contributed by atoms with Crippen molar-refractivity contribution < 1.29 is 4.79 Å². The van der Waals surface area contributed by atoms with Crippen molar-refractivity contribution in [2.24, 2.45) is 0 Å². The maximum atomic E-state index is 11.5. The van der Waals surface area contributed by atoms with Crippen LogP contribution in [0.3, 0.4) is 0 Å². The van der Waals surface area contributed by atoms with Crippen LogP contribution in [-0.2, 0) is 4.79 Å². The molecule has 0 radical (unpaired) electrons. The zero-order valence-corrected chi connectivity index (χ0v) is 14.6. The number of hydrogen-bond donors (Lipinski definition) is 1. The highest BCUT2D eigenvalue weighted by Crippen LogP contribution is 2.27. The average molecular weight is 348 g/mol. The number of aryl methyl sites for hydroxylation is 1. The van der Waals surface area contributed by atoms with Crippen molar-refractivity contribution in [2.75, 3.05) is 37.6 Å². The molecule has 6 nitrogen and oxygen atoms in total. The number of nitrogens with one attached hydrogen (secondary N) is 1. The zero-order valence-electron chi connectivity index (χ0n) is 13.9. The fourth-order valence-electron chi connectivity index (χ4n) is 3.48. The third-order valence-electron chi connectivity index (χ3n) is 4.90. The molecule has 2 saturated heterocycles. The third kappa shape index (κ3) is 3.63. The number of amides is 1. The topological polar surface area (TPSA) is 72.3 Å². The Hall–Kier alpha value is -1.84. The second kappa shape index (κ2) is 7.37. The van der Waals surface area contributed by atoms with Gasteiger partial charge in [0.1, 0.15) is 11.9 Å². The number of halogens is 1. The van der Waals surface area contributed by atoms with Gasteiger partial charge in [0.2, 0.25) is 5.91 Å². The molecule has 2 aliphatic heterocycles. The number of carbonyl (C=O) groups excluding carboxylic acids is 1. The van der Waals surface area contributed by atoms with E-state index in [-0.39, 0.29) is 5.91 Å². The van der Waals surface area contributed by atoms with Gasteiger partial charge in [-0.3, -0.25) is 9.69 Å². The molecule has 3 rings (SSSR count). The minimum atomic E-state index is 0.167. The Morgan fingerprint density at radius 2 is 2.08 bits per heavy atom. The lowest BCUT2D eigenvalue weighted by atomic mass is 10.1. The Balaban J connectivity index is 1.64. The largest absolute Gasteiger partial charge is 0.356 e. The number of hydrogen-bond acceptors (Lipinski definition) is 5. The summed E-state index contributed by atoms with van der Waals surface area (Å²) in [5, 5.41) is 12.5. The first-order chi connectivity index (χ1) is 11.6. The number of piperazine rings is 1. The predicted molar refractivity (Wildman–Crippen MR) is 93.1 cm³/mol. The molecule has 0 spiro atoms. The fraction of sp³-hybridized carbons (Fsp3) is 0.588. The molecule has 2 aliphatic rings. The molecule has 1 amide bonds. The maximum absolute atomic E-state index is 11.5. The van der Waals surface area contributed by atoms with Crippen LogP contribution < -0.4 is 10.2 Å². The number of pyridine rings is 1. The van der Waals surface area contributed by atoms with Crippen LogP contribution in [0.4, 0.5) is 5.82 Å². The van der Waals surface area contributed by atoms with Crippen molar-refractivity contribution in [3.8, 4) is 6.07 Å². The quantitative estimate of drug-likeness (QED) is 0.881. The highest BCUT2D eigenvalue weighted by atomic mass is 35.5. The van der Waals surface area contributed by atoms with E-state index < -0.39 is 0 Å². The van der Waals surface area contributed by atoms with Crippen molar-refractivity contribution in [1.29, 1.82) is 5.26 Å². The van der Waals surface area contributed by atoms with Crippen LogP contribution >= 0.6 is 11.6 Å². The SMILES string of the molecule is Cc1nc(N2CCN([C@@H]3CCNC(=O)CC3)CC2)c(Cl)cc1C#N. The van der Waals surface area contributed by atoms with Crippen LogP contribution in [0.5, 0.6) is 0 Å². The van der Waals surface area contributed by atoms with Crippen LogP contribution in [0.2, 0.25) is 5.02 Å². The molecule has 24 heavy (non-hydrogen) atoms. The molecule has 0 unspecified atom stereocenters. The van der Waals surface area contributed by atoms with Crippen LogP contribution in [0, 0.1) is 18.3 Å². The fourth-order valence-corrected chi connectivity index (χ4v) is 3.75. The molecule has 0 aromatic carbocycles. The van der Waals surface area contributed by atoms with E-state index in [1.54, 1.807) is 6.07 Å². The second-order valence-electron chi connectivity index (χ2n) is 6.39. The molecule has 3 heterocycles. The van der Waals surface area contributed by atoms with E-state index in [1.807, 2.05) is 6.92 Å². The summed E-state index contributed by atoms with van der Waals surface area (Å²) >= 11 is 6.32. The van der Waals surface area contributed by atoms with Gasteiger partial charge in [0.15, 0.2) is 0 Å². The van der Waals surface area contributed by atoms with Crippen molar-refractivity contribution >= 4 is 23.3 Å². The van der Waals surface area contributed by atoms with Gasteiger partial charge in [0.25, 0.3) is 0 Å². The number of anilines is 1. The van der Waals surface area contributed by atoms with Crippen molar-refractivity contribution in [2.45, 2.75) is 32.2 Å². The standard InChI is InChI=1S/C17H22ClN5O/c1-12-13(11-19)10-15(18)17(21-12)23-8-6-22(7-9-23)14-2-3-16(24)20-5-4-14/h10,14H,2-9H2,1H3,(H,20,24)/t14-/m0/s1. The van der Waals surface area contributed by atoms with Gasteiger partial charge in [0, 0.05) is 45.2 Å². The van der Waals surface area contributed by atoms with Gasteiger partial charge in [-0.2, -0.15) is 5.26 Å². The molecule has 1 aromatic rings. The zero-order chi connectivity index (χ0) is 17.1. The average Bonchev–Trinajstić information content (AvgIpc) is 2.81. The Bertz CT molecular complexity index is 664. The third-order valence-corrected chi connectivity index (χ3v) is 5.18. The summed E-state index contributed by atoms with van der Waals surface area (Å²) in [5.74, 6) is 0.936. The van der Waals surface area contributed by atoms with E-state index in [1.165, 1.54) is 0 Å². The van der Waals surface area contributed by atoms with Gasteiger partial charge >= 0.3 is 0 Å². The van der Waals surface area contributed by atoms with Gasteiger partial charge < -0.3 is 10.2 Å². The summed E-state index contributed by atoms with van der Waals surface area (Å²) in [7, 11) is 0. The molecule has 0 bridgehead atoms. The number of rotatable bonds is 2. The van der Waals surface area contributed by atoms with Crippen LogP contribution in [0.1, 0.15) is 30.5 Å². The van der Waals surface area contributed by atoms with Gasteiger partial charge in [-0.15, -0.1) is 0 Å². The molecule has 1 N–H and O–H groups in total. The van der Waals surface area contributed by atoms with Gasteiger partial charge in [-0.25, -0.2) is 4.98 Å². The summed E-state index contributed by atoms with van der Waals surface area (Å²) in [4.78, 5) is 20.7. The Kier molecular flexibility index (Phi) is 5.22. The van der Waals surface area contributed by atoms with Crippen molar-refractivity contribution in [3.05, 3.63) is 22.3 Å². The molecule has 0 saturated carbocycles. The summed E-state index contributed by atoms with van der Waals surface area (Å²) in [6.07, 6.45) is 2.56. The van der Waals surface area contributed by atoms with Crippen molar-refractivity contribution in [3.63, 3.8) is 0 Å². The molecule has 2 fully saturated rings. The Morgan fingerprint density at radius 1 is 1.33 bits per heavy atom. The molecule has 1 atom stereocenters. The minimum Gasteiger partial charge on any atom is -0.356 e. The monoisotopic (exact) mass is 347 g/mol. The molecule has 0 aliphatic carbocycles.